The van der Waals surface area contributed by atoms with Gasteiger partial charge in [-0.25, -0.2) is 0 Å². The number of pyridine rings is 1. The van der Waals surface area contributed by atoms with Crippen LogP contribution in [0.4, 0.5) is 5.69 Å². The molecule has 2 heterocycles. The quantitative estimate of drug-likeness (QED) is 0.820. The Morgan fingerprint density at radius 1 is 1.32 bits per heavy atom. The van der Waals surface area contributed by atoms with E-state index in [1.165, 1.54) is 30.6 Å². The van der Waals surface area contributed by atoms with E-state index in [2.05, 4.69) is 46.1 Å². The van der Waals surface area contributed by atoms with Crippen LogP contribution in [0.1, 0.15) is 6.42 Å². The highest BCUT2D eigenvalue weighted by molar-refractivity contribution is 5.91. The molecule has 0 radical (unpaired) electrons. The Kier molecular flexibility index (Phi) is 4.90. The SMILES string of the molecule is COCCN1CCC(CN(C)c2ccnc3ccccc23)C1. The maximum Gasteiger partial charge on any atom is 0.0722 e. The molecular weight excluding hydrogens is 274 g/mol. The van der Waals surface area contributed by atoms with Crippen molar-refractivity contribution in [1.82, 2.24) is 9.88 Å². The van der Waals surface area contributed by atoms with Crippen LogP contribution in [0.5, 0.6) is 0 Å². The molecule has 4 heteroatoms. The summed E-state index contributed by atoms with van der Waals surface area (Å²) >= 11 is 0. The van der Waals surface area contributed by atoms with Gasteiger partial charge in [0, 0.05) is 51.1 Å². The molecule has 0 saturated carbocycles. The first-order chi connectivity index (χ1) is 10.8. The van der Waals surface area contributed by atoms with Crippen molar-refractivity contribution in [2.45, 2.75) is 6.42 Å². The molecule has 1 aromatic heterocycles. The van der Waals surface area contributed by atoms with Crippen molar-refractivity contribution in [1.29, 1.82) is 0 Å². The van der Waals surface area contributed by atoms with E-state index in [-0.39, 0.29) is 0 Å². The summed E-state index contributed by atoms with van der Waals surface area (Å²) in [5, 5.41) is 1.24. The molecule has 0 amide bonds. The molecule has 1 aromatic carbocycles. The highest BCUT2D eigenvalue weighted by atomic mass is 16.5. The number of nitrogens with zero attached hydrogens (tertiary/aromatic N) is 3. The number of methoxy groups -OCH3 is 1. The lowest BCUT2D eigenvalue weighted by Crippen LogP contribution is -2.29. The second kappa shape index (κ2) is 7.07. The molecule has 22 heavy (non-hydrogen) atoms. The zero-order valence-corrected chi connectivity index (χ0v) is 13.5. The number of fused-ring (bicyclic) bond motifs is 1. The third-order valence-electron chi connectivity index (χ3n) is 4.55. The number of anilines is 1. The largest absolute Gasteiger partial charge is 0.383 e. The maximum atomic E-state index is 5.18. The normalized spacial score (nSPS) is 18.9. The van der Waals surface area contributed by atoms with Crippen LogP contribution < -0.4 is 4.90 Å². The molecule has 3 rings (SSSR count). The van der Waals surface area contributed by atoms with E-state index < -0.39 is 0 Å². The van der Waals surface area contributed by atoms with Crippen molar-refractivity contribution in [3.8, 4) is 0 Å². The molecule has 1 unspecified atom stereocenters. The minimum atomic E-state index is 0.730. The number of aromatic nitrogens is 1. The number of benzene rings is 1. The van der Waals surface area contributed by atoms with Gasteiger partial charge in [-0.15, -0.1) is 0 Å². The topological polar surface area (TPSA) is 28.6 Å². The Hall–Kier alpha value is -1.65. The summed E-state index contributed by atoms with van der Waals surface area (Å²) in [6.45, 7) is 5.35. The Morgan fingerprint density at radius 3 is 3.05 bits per heavy atom. The van der Waals surface area contributed by atoms with Gasteiger partial charge in [0.2, 0.25) is 0 Å². The fraction of sp³-hybridized carbons (Fsp3) is 0.500. The van der Waals surface area contributed by atoms with Crippen LogP contribution in [0.3, 0.4) is 0 Å². The molecule has 1 saturated heterocycles. The lowest BCUT2D eigenvalue weighted by Gasteiger charge is -2.24. The molecule has 118 valence electrons. The molecule has 1 atom stereocenters. The summed E-state index contributed by atoms with van der Waals surface area (Å²) in [6, 6.07) is 10.5. The van der Waals surface area contributed by atoms with Gasteiger partial charge in [0.25, 0.3) is 0 Å². The molecule has 4 nitrogen and oxygen atoms in total. The van der Waals surface area contributed by atoms with Crippen LogP contribution in [0, 0.1) is 5.92 Å². The lowest BCUT2D eigenvalue weighted by molar-refractivity contribution is 0.159. The number of rotatable bonds is 6. The van der Waals surface area contributed by atoms with Gasteiger partial charge in [-0.2, -0.15) is 0 Å². The van der Waals surface area contributed by atoms with E-state index in [4.69, 9.17) is 4.74 Å². The Balaban J connectivity index is 1.65. The summed E-state index contributed by atoms with van der Waals surface area (Å²) in [4.78, 5) is 9.34. The number of hydrogen-bond acceptors (Lipinski definition) is 4. The van der Waals surface area contributed by atoms with Crippen LogP contribution >= 0.6 is 0 Å². The van der Waals surface area contributed by atoms with Crippen LogP contribution in [-0.2, 0) is 4.74 Å². The summed E-state index contributed by atoms with van der Waals surface area (Å²) in [7, 11) is 3.97. The monoisotopic (exact) mass is 299 g/mol. The van der Waals surface area contributed by atoms with Crippen LogP contribution in [0.25, 0.3) is 10.9 Å². The first-order valence-corrected chi connectivity index (χ1v) is 8.04. The molecule has 0 bridgehead atoms. The van der Waals surface area contributed by atoms with Gasteiger partial charge in [0.1, 0.15) is 0 Å². The third-order valence-corrected chi connectivity index (χ3v) is 4.55. The molecule has 1 aliphatic rings. The minimum Gasteiger partial charge on any atom is -0.383 e. The smallest absolute Gasteiger partial charge is 0.0722 e. The predicted molar refractivity (Wildman–Crippen MR) is 91.4 cm³/mol. The second-order valence-electron chi connectivity index (χ2n) is 6.18. The molecule has 1 fully saturated rings. The van der Waals surface area contributed by atoms with E-state index in [1.54, 1.807) is 7.11 Å². The van der Waals surface area contributed by atoms with Gasteiger partial charge >= 0.3 is 0 Å². The van der Waals surface area contributed by atoms with Crippen molar-refractivity contribution < 1.29 is 4.74 Å². The minimum absolute atomic E-state index is 0.730. The molecule has 1 aliphatic heterocycles. The number of likely N-dealkylation sites (tertiary alicyclic amines) is 1. The summed E-state index contributed by atoms with van der Waals surface area (Å²) < 4.78 is 5.18. The van der Waals surface area contributed by atoms with Gasteiger partial charge in [0.05, 0.1) is 12.1 Å². The lowest BCUT2D eigenvalue weighted by atomic mass is 10.1. The van der Waals surface area contributed by atoms with Gasteiger partial charge < -0.3 is 14.5 Å². The molecular formula is C18H25N3O. The molecule has 0 aliphatic carbocycles. The fourth-order valence-electron chi connectivity index (χ4n) is 3.38. The van der Waals surface area contributed by atoms with E-state index in [0.717, 1.165) is 31.1 Å². The van der Waals surface area contributed by atoms with Gasteiger partial charge in [-0.05, 0) is 31.0 Å². The van der Waals surface area contributed by atoms with Crippen LogP contribution in [-0.4, -0.2) is 56.8 Å². The van der Waals surface area contributed by atoms with Crippen molar-refractivity contribution >= 4 is 16.6 Å². The number of para-hydroxylation sites is 1. The van der Waals surface area contributed by atoms with Gasteiger partial charge in [-0.3, -0.25) is 4.98 Å². The summed E-state index contributed by atoms with van der Waals surface area (Å²) in [5.41, 5.74) is 2.35. The van der Waals surface area contributed by atoms with E-state index in [0.29, 0.717) is 0 Å². The molecule has 0 N–H and O–H groups in total. The van der Waals surface area contributed by atoms with E-state index in [9.17, 15) is 0 Å². The van der Waals surface area contributed by atoms with E-state index >= 15 is 0 Å². The van der Waals surface area contributed by atoms with E-state index in [1.807, 2.05) is 12.3 Å². The van der Waals surface area contributed by atoms with Crippen molar-refractivity contribution in [3.05, 3.63) is 36.5 Å². The average molecular weight is 299 g/mol. The Labute approximate surface area is 132 Å². The van der Waals surface area contributed by atoms with Crippen molar-refractivity contribution in [2.75, 3.05) is 51.8 Å². The Morgan fingerprint density at radius 2 is 2.18 bits per heavy atom. The first-order valence-electron chi connectivity index (χ1n) is 8.04. The maximum absolute atomic E-state index is 5.18. The summed E-state index contributed by atoms with van der Waals surface area (Å²) in [5.74, 6) is 0.730. The first kappa shape index (κ1) is 15.3. The predicted octanol–water partition coefficient (Wildman–Crippen LogP) is 2.64. The highest BCUT2D eigenvalue weighted by Crippen LogP contribution is 2.26. The summed E-state index contributed by atoms with van der Waals surface area (Å²) in [6.07, 6.45) is 3.19. The Bertz CT molecular complexity index is 611. The van der Waals surface area contributed by atoms with Crippen molar-refractivity contribution in [3.63, 3.8) is 0 Å². The van der Waals surface area contributed by atoms with Gasteiger partial charge in [-0.1, -0.05) is 18.2 Å². The number of hydrogen-bond donors (Lipinski definition) is 0. The zero-order valence-electron chi connectivity index (χ0n) is 13.5. The van der Waals surface area contributed by atoms with Crippen LogP contribution in [0.15, 0.2) is 36.5 Å². The third kappa shape index (κ3) is 3.39. The van der Waals surface area contributed by atoms with Crippen LogP contribution in [0.2, 0.25) is 0 Å². The van der Waals surface area contributed by atoms with Crippen molar-refractivity contribution in [2.24, 2.45) is 5.92 Å². The van der Waals surface area contributed by atoms with Gasteiger partial charge in [0.15, 0.2) is 0 Å². The zero-order chi connectivity index (χ0) is 15.4. The highest BCUT2D eigenvalue weighted by Gasteiger charge is 2.23. The number of ether oxygens (including phenoxy) is 1. The fourth-order valence-corrected chi connectivity index (χ4v) is 3.38. The second-order valence-corrected chi connectivity index (χ2v) is 6.18. The average Bonchev–Trinajstić information content (AvgIpc) is 2.99. The molecule has 0 spiro atoms. The molecule has 2 aromatic rings. The standard InChI is InChI=1S/C18H25N3O/c1-20(13-15-8-10-21(14-15)11-12-22-2)18-7-9-19-17-6-4-3-5-16(17)18/h3-7,9,15H,8,10-14H2,1-2H3.